The molecule has 0 radical (unpaired) electrons. The number of hydrogen-bond acceptors (Lipinski definition) is 3. The zero-order chi connectivity index (χ0) is 8.91. The SMILES string of the molecule is CCC(CCO)OC(C)(C)O. The van der Waals surface area contributed by atoms with Crippen molar-refractivity contribution < 1.29 is 14.9 Å². The summed E-state index contributed by atoms with van der Waals surface area (Å²) in [5.74, 6) is -1.09. The summed E-state index contributed by atoms with van der Waals surface area (Å²) in [5, 5.41) is 17.8. The second-order valence-electron chi connectivity index (χ2n) is 3.11. The van der Waals surface area contributed by atoms with Gasteiger partial charge in [-0.1, -0.05) is 6.92 Å². The first-order chi connectivity index (χ1) is 4.99. The second-order valence-corrected chi connectivity index (χ2v) is 3.11. The summed E-state index contributed by atoms with van der Waals surface area (Å²) in [6.07, 6.45) is 1.35. The highest BCUT2D eigenvalue weighted by Gasteiger charge is 2.18. The van der Waals surface area contributed by atoms with E-state index in [9.17, 15) is 5.11 Å². The first kappa shape index (κ1) is 10.9. The van der Waals surface area contributed by atoms with Gasteiger partial charge in [0.25, 0.3) is 0 Å². The third-order valence-electron chi connectivity index (χ3n) is 1.36. The fourth-order valence-corrected chi connectivity index (χ4v) is 0.898. The van der Waals surface area contributed by atoms with Crippen LogP contribution < -0.4 is 0 Å². The second kappa shape index (κ2) is 4.70. The van der Waals surface area contributed by atoms with E-state index < -0.39 is 5.79 Å². The molecule has 68 valence electrons. The Morgan fingerprint density at radius 1 is 1.45 bits per heavy atom. The molecular formula is C8H18O3. The topological polar surface area (TPSA) is 49.7 Å². The van der Waals surface area contributed by atoms with E-state index in [1.165, 1.54) is 0 Å². The van der Waals surface area contributed by atoms with Crippen LogP contribution in [0, 0.1) is 0 Å². The summed E-state index contributed by atoms with van der Waals surface area (Å²) >= 11 is 0. The van der Waals surface area contributed by atoms with Gasteiger partial charge in [-0.25, -0.2) is 0 Å². The molecule has 0 aliphatic carbocycles. The molecule has 0 rings (SSSR count). The number of ether oxygens (including phenoxy) is 1. The van der Waals surface area contributed by atoms with Gasteiger partial charge in [-0.2, -0.15) is 0 Å². The fourth-order valence-electron chi connectivity index (χ4n) is 0.898. The number of aliphatic hydroxyl groups is 2. The molecule has 0 fully saturated rings. The minimum absolute atomic E-state index is 0.0417. The Labute approximate surface area is 68.0 Å². The molecule has 0 spiro atoms. The lowest BCUT2D eigenvalue weighted by Gasteiger charge is -2.24. The summed E-state index contributed by atoms with van der Waals surface area (Å²) in [7, 11) is 0. The first-order valence-electron chi connectivity index (χ1n) is 4.00. The Bertz CT molecular complexity index is 96.0. The molecule has 2 N–H and O–H groups in total. The van der Waals surface area contributed by atoms with Crippen LogP contribution in [0.4, 0.5) is 0 Å². The van der Waals surface area contributed by atoms with Crippen molar-refractivity contribution in [3.63, 3.8) is 0 Å². The van der Waals surface area contributed by atoms with Crippen LogP contribution in [-0.2, 0) is 4.74 Å². The van der Waals surface area contributed by atoms with Crippen molar-refractivity contribution in [2.45, 2.75) is 45.5 Å². The standard InChI is InChI=1S/C8H18O3/c1-4-7(5-6-9)11-8(2,3)10/h7,9-10H,4-6H2,1-3H3. The van der Waals surface area contributed by atoms with Crippen LogP contribution in [0.3, 0.4) is 0 Å². The van der Waals surface area contributed by atoms with Crippen molar-refractivity contribution in [2.75, 3.05) is 6.61 Å². The van der Waals surface area contributed by atoms with Gasteiger partial charge in [0.15, 0.2) is 5.79 Å². The van der Waals surface area contributed by atoms with E-state index >= 15 is 0 Å². The molecule has 0 bridgehead atoms. The Kier molecular flexibility index (Phi) is 4.65. The quantitative estimate of drug-likeness (QED) is 0.590. The van der Waals surface area contributed by atoms with Crippen LogP contribution in [0.25, 0.3) is 0 Å². The highest BCUT2D eigenvalue weighted by molar-refractivity contribution is 4.59. The smallest absolute Gasteiger partial charge is 0.160 e. The highest BCUT2D eigenvalue weighted by atomic mass is 16.6. The summed E-state index contributed by atoms with van der Waals surface area (Å²) in [6, 6.07) is 0. The molecule has 0 saturated carbocycles. The average Bonchev–Trinajstić information content (AvgIpc) is 1.84. The van der Waals surface area contributed by atoms with Gasteiger partial charge in [-0.05, 0) is 26.7 Å². The van der Waals surface area contributed by atoms with Crippen molar-refractivity contribution in [2.24, 2.45) is 0 Å². The van der Waals surface area contributed by atoms with Gasteiger partial charge in [0.2, 0.25) is 0 Å². The van der Waals surface area contributed by atoms with Crippen LogP contribution in [0.5, 0.6) is 0 Å². The molecule has 11 heavy (non-hydrogen) atoms. The van der Waals surface area contributed by atoms with Crippen LogP contribution in [0.1, 0.15) is 33.6 Å². The zero-order valence-electron chi connectivity index (χ0n) is 7.50. The molecule has 1 unspecified atom stereocenters. The average molecular weight is 162 g/mol. The molecular weight excluding hydrogens is 144 g/mol. The lowest BCUT2D eigenvalue weighted by atomic mass is 10.2. The first-order valence-corrected chi connectivity index (χ1v) is 4.00. The van der Waals surface area contributed by atoms with Gasteiger partial charge < -0.3 is 14.9 Å². The van der Waals surface area contributed by atoms with Crippen molar-refractivity contribution in [1.82, 2.24) is 0 Å². The van der Waals surface area contributed by atoms with Gasteiger partial charge in [0, 0.05) is 6.61 Å². The van der Waals surface area contributed by atoms with Crippen LogP contribution in [0.2, 0.25) is 0 Å². The number of hydrogen-bond donors (Lipinski definition) is 2. The van der Waals surface area contributed by atoms with Crippen LogP contribution in [-0.4, -0.2) is 28.7 Å². The lowest BCUT2D eigenvalue weighted by molar-refractivity contribution is -0.208. The van der Waals surface area contributed by atoms with Crippen molar-refractivity contribution in [3.05, 3.63) is 0 Å². The van der Waals surface area contributed by atoms with Gasteiger partial charge in [-0.15, -0.1) is 0 Å². The molecule has 3 nitrogen and oxygen atoms in total. The molecule has 0 aromatic carbocycles. The Morgan fingerprint density at radius 2 is 2.00 bits per heavy atom. The van der Waals surface area contributed by atoms with Gasteiger partial charge in [-0.3, -0.25) is 0 Å². The van der Waals surface area contributed by atoms with E-state index in [0.29, 0.717) is 6.42 Å². The predicted octanol–water partition coefficient (Wildman–Crippen LogP) is 0.892. The number of rotatable bonds is 5. The van der Waals surface area contributed by atoms with E-state index in [1.54, 1.807) is 13.8 Å². The maximum absolute atomic E-state index is 9.24. The maximum Gasteiger partial charge on any atom is 0.160 e. The van der Waals surface area contributed by atoms with Gasteiger partial charge in [0.1, 0.15) is 0 Å². The largest absolute Gasteiger partial charge is 0.396 e. The van der Waals surface area contributed by atoms with Crippen molar-refractivity contribution in [3.8, 4) is 0 Å². The van der Waals surface area contributed by atoms with Crippen LogP contribution in [0.15, 0.2) is 0 Å². The summed E-state index contributed by atoms with van der Waals surface area (Å²) in [5.41, 5.74) is 0. The van der Waals surface area contributed by atoms with E-state index in [1.807, 2.05) is 6.92 Å². The van der Waals surface area contributed by atoms with E-state index in [-0.39, 0.29) is 12.7 Å². The molecule has 0 aromatic rings. The van der Waals surface area contributed by atoms with Crippen molar-refractivity contribution in [1.29, 1.82) is 0 Å². The molecule has 0 aliphatic heterocycles. The Balaban J connectivity index is 3.68. The molecule has 1 atom stereocenters. The lowest BCUT2D eigenvalue weighted by Crippen LogP contribution is -2.30. The predicted molar refractivity (Wildman–Crippen MR) is 43.2 cm³/mol. The minimum atomic E-state index is -1.09. The Morgan fingerprint density at radius 3 is 2.27 bits per heavy atom. The monoisotopic (exact) mass is 162 g/mol. The summed E-state index contributed by atoms with van der Waals surface area (Å²) in [6.45, 7) is 5.25. The summed E-state index contributed by atoms with van der Waals surface area (Å²) < 4.78 is 5.22. The number of aliphatic hydroxyl groups excluding tert-OH is 1. The minimum Gasteiger partial charge on any atom is -0.396 e. The molecule has 0 saturated heterocycles. The third-order valence-corrected chi connectivity index (χ3v) is 1.36. The van der Waals surface area contributed by atoms with Crippen molar-refractivity contribution >= 4 is 0 Å². The molecule has 0 amide bonds. The fraction of sp³-hybridized carbons (Fsp3) is 1.00. The third kappa shape index (κ3) is 6.28. The van der Waals surface area contributed by atoms with Gasteiger partial charge in [0.05, 0.1) is 6.10 Å². The molecule has 0 aromatic heterocycles. The highest BCUT2D eigenvalue weighted by Crippen LogP contribution is 2.12. The zero-order valence-corrected chi connectivity index (χ0v) is 7.50. The molecule has 3 heteroatoms. The van der Waals surface area contributed by atoms with E-state index in [2.05, 4.69) is 0 Å². The molecule has 0 heterocycles. The van der Waals surface area contributed by atoms with Crippen LogP contribution >= 0.6 is 0 Å². The maximum atomic E-state index is 9.24. The summed E-state index contributed by atoms with van der Waals surface area (Å²) in [4.78, 5) is 0. The Hall–Kier alpha value is -0.120. The normalized spacial score (nSPS) is 15.0. The van der Waals surface area contributed by atoms with Gasteiger partial charge >= 0.3 is 0 Å². The van der Waals surface area contributed by atoms with E-state index in [0.717, 1.165) is 6.42 Å². The van der Waals surface area contributed by atoms with E-state index in [4.69, 9.17) is 9.84 Å². The molecule has 0 aliphatic rings.